The van der Waals surface area contributed by atoms with Gasteiger partial charge in [-0.2, -0.15) is 0 Å². The number of aliphatic hydroxyl groups is 1. The van der Waals surface area contributed by atoms with Crippen LogP contribution in [0.1, 0.15) is 15.9 Å². The lowest BCUT2D eigenvalue weighted by Gasteiger charge is -2.07. The fraction of sp³-hybridized carbons (Fsp3) is 0.0769. The molecule has 0 saturated heterocycles. The maximum atomic E-state index is 11.0. The normalized spacial score (nSPS) is 10.1. The smallest absolute Gasteiger partial charge is 0.341 e. The van der Waals surface area contributed by atoms with E-state index in [0.29, 0.717) is 11.3 Å². The number of carboxylic acid groups (broad SMARTS) is 1. The molecular formula is C13H11NO4. The first-order chi connectivity index (χ1) is 8.70. The van der Waals surface area contributed by atoms with Crippen molar-refractivity contribution in [2.45, 2.75) is 6.61 Å². The van der Waals surface area contributed by atoms with Gasteiger partial charge in [0.05, 0.1) is 6.61 Å². The number of rotatable bonds is 4. The van der Waals surface area contributed by atoms with E-state index in [9.17, 15) is 4.79 Å². The highest BCUT2D eigenvalue weighted by Gasteiger charge is 2.12. The fourth-order valence-corrected chi connectivity index (χ4v) is 1.45. The average molecular weight is 245 g/mol. The van der Waals surface area contributed by atoms with Gasteiger partial charge < -0.3 is 14.9 Å². The standard InChI is InChI=1S/C13H11NO4/c15-8-9-3-1-4-10(7-9)18-12-11(13(16)17)5-2-6-14-12/h1-7,15H,8H2,(H,16,17). The number of aliphatic hydroxyl groups excluding tert-OH is 1. The Morgan fingerprint density at radius 2 is 2.11 bits per heavy atom. The van der Waals surface area contributed by atoms with Gasteiger partial charge in [0.15, 0.2) is 0 Å². The van der Waals surface area contributed by atoms with Gasteiger partial charge in [-0.05, 0) is 29.8 Å². The van der Waals surface area contributed by atoms with E-state index in [0.717, 1.165) is 0 Å². The summed E-state index contributed by atoms with van der Waals surface area (Å²) >= 11 is 0. The molecule has 0 aliphatic heterocycles. The van der Waals surface area contributed by atoms with Crippen molar-refractivity contribution in [3.8, 4) is 11.6 Å². The van der Waals surface area contributed by atoms with Crippen LogP contribution in [0.2, 0.25) is 0 Å². The van der Waals surface area contributed by atoms with Gasteiger partial charge in [0, 0.05) is 6.20 Å². The number of nitrogens with zero attached hydrogens (tertiary/aromatic N) is 1. The third-order valence-corrected chi connectivity index (χ3v) is 2.30. The molecule has 5 heteroatoms. The summed E-state index contributed by atoms with van der Waals surface area (Å²) in [6, 6.07) is 9.69. The van der Waals surface area contributed by atoms with Crippen molar-refractivity contribution < 1.29 is 19.7 Å². The van der Waals surface area contributed by atoms with E-state index in [4.69, 9.17) is 14.9 Å². The monoisotopic (exact) mass is 245 g/mol. The third-order valence-electron chi connectivity index (χ3n) is 2.30. The maximum absolute atomic E-state index is 11.0. The molecule has 0 spiro atoms. The molecule has 1 aromatic heterocycles. The molecule has 0 fully saturated rings. The summed E-state index contributed by atoms with van der Waals surface area (Å²) in [5.74, 6) is -0.640. The van der Waals surface area contributed by atoms with Crippen LogP contribution in [0.5, 0.6) is 11.6 Å². The Morgan fingerprint density at radius 3 is 2.83 bits per heavy atom. The zero-order valence-corrected chi connectivity index (χ0v) is 9.41. The predicted octanol–water partition coefficient (Wildman–Crippen LogP) is 2.06. The summed E-state index contributed by atoms with van der Waals surface area (Å²) in [5.41, 5.74) is 0.673. The molecule has 1 heterocycles. The summed E-state index contributed by atoms with van der Waals surface area (Å²) in [6.07, 6.45) is 1.46. The van der Waals surface area contributed by atoms with Crippen molar-refractivity contribution in [2.75, 3.05) is 0 Å². The molecular weight excluding hydrogens is 234 g/mol. The van der Waals surface area contributed by atoms with Crippen LogP contribution in [-0.4, -0.2) is 21.2 Å². The zero-order chi connectivity index (χ0) is 13.0. The Kier molecular flexibility index (Phi) is 3.54. The molecule has 0 radical (unpaired) electrons. The topological polar surface area (TPSA) is 79.7 Å². The number of ether oxygens (including phenoxy) is 1. The predicted molar refractivity (Wildman–Crippen MR) is 63.6 cm³/mol. The van der Waals surface area contributed by atoms with Crippen molar-refractivity contribution in [2.24, 2.45) is 0 Å². The molecule has 2 rings (SSSR count). The third kappa shape index (κ3) is 2.64. The molecule has 5 nitrogen and oxygen atoms in total. The van der Waals surface area contributed by atoms with Gasteiger partial charge >= 0.3 is 5.97 Å². The van der Waals surface area contributed by atoms with Gasteiger partial charge in [-0.1, -0.05) is 12.1 Å². The second-order valence-electron chi connectivity index (χ2n) is 3.57. The second kappa shape index (κ2) is 5.29. The van der Waals surface area contributed by atoms with Crippen LogP contribution < -0.4 is 4.74 Å². The summed E-state index contributed by atoms with van der Waals surface area (Å²) in [5, 5.41) is 18.0. The summed E-state index contributed by atoms with van der Waals surface area (Å²) in [6.45, 7) is -0.106. The Morgan fingerprint density at radius 1 is 1.28 bits per heavy atom. The molecule has 0 saturated carbocycles. The van der Waals surface area contributed by atoms with E-state index in [1.54, 1.807) is 24.3 Å². The Labute approximate surface area is 103 Å². The first-order valence-electron chi connectivity index (χ1n) is 5.26. The Balaban J connectivity index is 2.31. The fourth-order valence-electron chi connectivity index (χ4n) is 1.45. The number of aromatic nitrogens is 1. The lowest BCUT2D eigenvalue weighted by Crippen LogP contribution is -2.01. The van der Waals surface area contributed by atoms with Crippen LogP contribution in [-0.2, 0) is 6.61 Å². The molecule has 0 unspecified atom stereocenters. The van der Waals surface area contributed by atoms with Crippen LogP contribution in [0.25, 0.3) is 0 Å². The van der Waals surface area contributed by atoms with Crippen LogP contribution in [0, 0.1) is 0 Å². The largest absolute Gasteiger partial charge is 0.477 e. The number of pyridine rings is 1. The van der Waals surface area contributed by atoms with Gasteiger partial charge in [0.2, 0.25) is 5.88 Å². The average Bonchev–Trinajstić information content (AvgIpc) is 2.39. The molecule has 0 aliphatic rings. The number of hydrogen-bond acceptors (Lipinski definition) is 4. The van der Waals surface area contributed by atoms with Crippen molar-refractivity contribution in [3.05, 3.63) is 53.7 Å². The van der Waals surface area contributed by atoms with Gasteiger partial charge in [-0.25, -0.2) is 9.78 Å². The molecule has 0 amide bonds. The van der Waals surface area contributed by atoms with Gasteiger partial charge in [-0.15, -0.1) is 0 Å². The van der Waals surface area contributed by atoms with Crippen LogP contribution in [0.15, 0.2) is 42.6 Å². The highest BCUT2D eigenvalue weighted by atomic mass is 16.5. The highest BCUT2D eigenvalue weighted by Crippen LogP contribution is 2.23. The zero-order valence-electron chi connectivity index (χ0n) is 9.41. The molecule has 0 aliphatic carbocycles. The number of hydrogen-bond donors (Lipinski definition) is 2. The molecule has 18 heavy (non-hydrogen) atoms. The van der Waals surface area contributed by atoms with E-state index < -0.39 is 5.97 Å². The van der Waals surface area contributed by atoms with Gasteiger partial charge in [-0.3, -0.25) is 0 Å². The van der Waals surface area contributed by atoms with Crippen molar-refractivity contribution in [3.63, 3.8) is 0 Å². The summed E-state index contributed by atoms with van der Waals surface area (Å²) < 4.78 is 5.41. The summed E-state index contributed by atoms with van der Waals surface area (Å²) in [4.78, 5) is 14.9. The number of carbonyl (C=O) groups is 1. The second-order valence-corrected chi connectivity index (χ2v) is 3.57. The lowest BCUT2D eigenvalue weighted by molar-refractivity contribution is 0.0693. The van der Waals surface area contributed by atoms with Crippen molar-refractivity contribution in [1.82, 2.24) is 4.98 Å². The maximum Gasteiger partial charge on any atom is 0.341 e. The molecule has 2 aromatic rings. The molecule has 0 bridgehead atoms. The van der Waals surface area contributed by atoms with Crippen LogP contribution >= 0.6 is 0 Å². The Bertz CT molecular complexity index is 568. The SMILES string of the molecule is O=C(O)c1cccnc1Oc1cccc(CO)c1. The highest BCUT2D eigenvalue weighted by molar-refractivity contribution is 5.90. The van der Waals surface area contributed by atoms with E-state index in [1.807, 2.05) is 0 Å². The van der Waals surface area contributed by atoms with E-state index >= 15 is 0 Å². The van der Waals surface area contributed by atoms with Crippen LogP contribution in [0.4, 0.5) is 0 Å². The first-order valence-corrected chi connectivity index (χ1v) is 5.26. The van der Waals surface area contributed by atoms with Gasteiger partial charge in [0.1, 0.15) is 11.3 Å². The first kappa shape index (κ1) is 12.1. The molecule has 92 valence electrons. The number of carboxylic acids is 1. The van der Waals surface area contributed by atoms with Crippen LogP contribution in [0.3, 0.4) is 0 Å². The van der Waals surface area contributed by atoms with E-state index in [-0.39, 0.29) is 18.1 Å². The minimum Gasteiger partial charge on any atom is -0.477 e. The molecule has 1 aromatic carbocycles. The van der Waals surface area contributed by atoms with Gasteiger partial charge in [0.25, 0.3) is 0 Å². The molecule has 0 atom stereocenters. The van der Waals surface area contributed by atoms with Crippen molar-refractivity contribution >= 4 is 5.97 Å². The van der Waals surface area contributed by atoms with E-state index in [2.05, 4.69) is 4.98 Å². The quantitative estimate of drug-likeness (QED) is 0.861. The van der Waals surface area contributed by atoms with E-state index in [1.165, 1.54) is 18.3 Å². The Hall–Kier alpha value is -2.40. The minimum atomic E-state index is -1.10. The minimum absolute atomic E-state index is 0.00750. The molecule has 2 N–H and O–H groups in total. The lowest BCUT2D eigenvalue weighted by atomic mass is 10.2. The number of benzene rings is 1. The summed E-state index contributed by atoms with van der Waals surface area (Å²) in [7, 11) is 0. The van der Waals surface area contributed by atoms with Crippen molar-refractivity contribution in [1.29, 1.82) is 0 Å². The number of aromatic carboxylic acids is 1.